The van der Waals surface area contributed by atoms with E-state index in [0.717, 1.165) is 25.8 Å². The van der Waals surface area contributed by atoms with Crippen LogP contribution in [0, 0.1) is 0 Å². The summed E-state index contributed by atoms with van der Waals surface area (Å²) in [6.45, 7) is 3.20. The molecule has 0 amide bonds. The van der Waals surface area contributed by atoms with Gasteiger partial charge in [-0.15, -0.1) is 0 Å². The molecule has 1 rings (SSSR count). The number of aliphatic hydroxyl groups is 1. The van der Waals surface area contributed by atoms with Crippen LogP contribution in [0.4, 0.5) is 0 Å². The fourth-order valence-electron chi connectivity index (χ4n) is 1.54. The number of hydrogen-bond acceptors (Lipinski definition) is 2. The van der Waals surface area contributed by atoms with E-state index in [1.165, 1.54) is 6.42 Å². The molecule has 1 fully saturated rings. The molecule has 2 N–H and O–H groups in total. The van der Waals surface area contributed by atoms with Crippen LogP contribution in [-0.2, 0) is 0 Å². The molecular weight excluding hydrogens is 126 g/mol. The molecule has 2 heteroatoms. The van der Waals surface area contributed by atoms with Gasteiger partial charge in [-0.25, -0.2) is 0 Å². The van der Waals surface area contributed by atoms with Gasteiger partial charge in [0.1, 0.15) is 0 Å². The Bertz CT molecular complexity index is 89.3. The molecular formula is C8H17NO. The molecule has 0 saturated carbocycles. The predicted molar refractivity (Wildman–Crippen MR) is 41.9 cm³/mol. The van der Waals surface area contributed by atoms with Gasteiger partial charge in [0.25, 0.3) is 0 Å². The summed E-state index contributed by atoms with van der Waals surface area (Å²) in [6, 6.07) is 0.389. The lowest BCUT2D eigenvalue weighted by atomic mass is 10.1. The van der Waals surface area contributed by atoms with Gasteiger partial charge < -0.3 is 10.4 Å². The molecule has 0 aromatic carbocycles. The van der Waals surface area contributed by atoms with Gasteiger partial charge in [0, 0.05) is 6.04 Å². The third-order valence-corrected chi connectivity index (χ3v) is 2.15. The van der Waals surface area contributed by atoms with Crippen molar-refractivity contribution in [2.45, 2.75) is 44.8 Å². The van der Waals surface area contributed by atoms with Crippen molar-refractivity contribution in [1.29, 1.82) is 0 Å². The molecule has 1 heterocycles. The fraction of sp³-hybridized carbons (Fsp3) is 1.00. The minimum Gasteiger partial charge on any atom is -0.392 e. The molecule has 2 atom stereocenters. The third kappa shape index (κ3) is 1.96. The normalized spacial score (nSPS) is 28.8. The Morgan fingerprint density at radius 1 is 1.70 bits per heavy atom. The van der Waals surface area contributed by atoms with Gasteiger partial charge in [0.05, 0.1) is 6.10 Å². The van der Waals surface area contributed by atoms with Crippen LogP contribution in [-0.4, -0.2) is 23.8 Å². The number of aliphatic hydroxyl groups excluding tert-OH is 1. The van der Waals surface area contributed by atoms with Crippen molar-refractivity contribution in [1.82, 2.24) is 5.32 Å². The number of nitrogens with one attached hydrogen (secondary N) is 1. The average molecular weight is 143 g/mol. The third-order valence-electron chi connectivity index (χ3n) is 2.15. The van der Waals surface area contributed by atoms with E-state index >= 15 is 0 Å². The van der Waals surface area contributed by atoms with Crippen LogP contribution >= 0.6 is 0 Å². The van der Waals surface area contributed by atoms with E-state index in [1.54, 1.807) is 0 Å². The summed E-state index contributed by atoms with van der Waals surface area (Å²) in [5, 5.41) is 12.8. The molecule has 0 radical (unpaired) electrons. The summed E-state index contributed by atoms with van der Waals surface area (Å²) in [7, 11) is 0. The summed E-state index contributed by atoms with van der Waals surface area (Å²) in [5.41, 5.74) is 0. The number of hydrogen-bond donors (Lipinski definition) is 2. The zero-order chi connectivity index (χ0) is 7.40. The van der Waals surface area contributed by atoms with Crippen LogP contribution in [0.1, 0.15) is 32.6 Å². The monoisotopic (exact) mass is 143 g/mol. The van der Waals surface area contributed by atoms with Gasteiger partial charge in [0.2, 0.25) is 0 Å². The van der Waals surface area contributed by atoms with E-state index in [9.17, 15) is 5.11 Å². The summed E-state index contributed by atoms with van der Waals surface area (Å²) in [5.74, 6) is 0. The largest absolute Gasteiger partial charge is 0.392 e. The minimum absolute atomic E-state index is 0.104. The Hall–Kier alpha value is -0.0800. The first-order chi connectivity index (χ1) is 4.84. The van der Waals surface area contributed by atoms with Crippen LogP contribution in [0.2, 0.25) is 0 Å². The quantitative estimate of drug-likeness (QED) is 0.615. The first-order valence-corrected chi connectivity index (χ1v) is 4.26. The van der Waals surface area contributed by atoms with Crippen LogP contribution in [0.3, 0.4) is 0 Å². The van der Waals surface area contributed by atoms with Gasteiger partial charge in [0.15, 0.2) is 0 Å². The molecule has 0 bridgehead atoms. The van der Waals surface area contributed by atoms with E-state index in [4.69, 9.17) is 0 Å². The van der Waals surface area contributed by atoms with Crippen molar-refractivity contribution in [2.24, 2.45) is 0 Å². The second-order valence-electron chi connectivity index (χ2n) is 3.06. The molecule has 2 nitrogen and oxygen atoms in total. The highest BCUT2D eigenvalue weighted by Gasteiger charge is 2.20. The Morgan fingerprint density at radius 2 is 2.50 bits per heavy atom. The molecule has 1 aliphatic rings. The van der Waals surface area contributed by atoms with Gasteiger partial charge in [-0.2, -0.15) is 0 Å². The smallest absolute Gasteiger partial charge is 0.0693 e. The van der Waals surface area contributed by atoms with Crippen molar-refractivity contribution >= 4 is 0 Å². The maximum absolute atomic E-state index is 9.49. The van der Waals surface area contributed by atoms with Gasteiger partial charge in [-0.1, -0.05) is 13.3 Å². The molecule has 0 aromatic heterocycles. The lowest BCUT2D eigenvalue weighted by Gasteiger charge is -2.16. The van der Waals surface area contributed by atoms with E-state index in [0.29, 0.717) is 6.04 Å². The lowest BCUT2D eigenvalue weighted by molar-refractivity contribution is 0.126. The predicted octanol–water partition coefficient (Wildman–Crippen LogP) is 0.899. The molecule has 60 valence electrons. The summed E-state index contributed by atoms with van der Waals surface area (Å²) >= 11 is 0. The van der Waals surface area contributed by atoms with Crippen molar-refractivity contribution in [2.75, 3.05) is 6.54 Å². The summed E-state index contributed by atoms with van der Waals surface area (Å²) < 4.78 is 0. The fourth-order valence-corrected chi connectivity index (χ4v) is 1.54. The van der Waals surface area contributed by atoms with Crippen molar-refractivity contribution in [3.63, 3.8) is 0 Å². The zero-order valence-electron chi connectivity index (χ0n) is 6.64. The van der Waals surface area contributed by atoms with Gasteiger partial charge in [-0.05, 0) is 25.8 Å². The van der Waals surface area contributed by atoms with Gasteiger partial charge in [-0.3, -0.25) is 0 Å². The first kappa shape index (κ1) is 8.02. The molecule has 1 saturated heterocycles. The number of rotatable bonds is 3. The van der Waals surface area contributed by atoms with Crippen LogP contribution in [0.15, 0.2) is 0 Å². The van der Waals surface area contributed by atoms with E-state index in [2.05, 4.69) is 12.2 Å². The Morgan fingerprint density at radius 3 is 3.00 bits per heavy atom. The van der Waals surface area contributed by atoms with Crippen LogP contribution < -0.4 is 5.32 Å². The average Bonchev–Trinajstić information content (AvgIpc) is 2.38. The minimum atomic E-state index is -0.104. The zero-order valence-corrected chi connectivity index (χ0v) is 6.64. The van der Waals surface area contributed by atoms with E-state index < -0.39 is 0 Å². The van der Waals surface area contributed by atoms with Crippen molar-refractivity contribution in [3.8, 4) is 0 Å². The van der Waals surface area contributed by atoms with E-state index in [1.807, 2.05) is 0 Å². The molecule has 10 heavy (non-hydrogen) atoms. The second kappa shape index (κ2) is 3.94. The molecule has 0 aromatic rings. The van der Waals surface area contributed by atoms with E-state index in [-0.39, 0.29) is 6.10 Å². The summed E-state index contributed by atoms with van der Waals surface area (Å²) in [4.78, 5) is 0. The maximum Gasteiger partial charge on any atom is 0.0693 e. The Kier molecular flexibility index (Phi) is 3.16. The van der Waals surface area contributed by atoms with Crippen LogP contribution in [0.5, 0.6) is 0 Å². The molecule has 0 aliphatic carbocycles. The second-order valence-corrected chi connectivity index (χ2v) is 3.06. The van der Waals surface area contributed by atoms with Crippen LogP contribution in [0.25, 0.3) is 0 Å². The molecule has 0 spiro atoms. The molecule has 0 unspecified atom stereocenters. The lowest BCUT2D eigenvalue weighted by Crippen LogP contribution is -2.34. The highest BCUT2D eigenvalue weighted by Crippen LogP contribution is 2.12. The van der Waals surface area contributed by atoms with Crippen molar-refractivity contribution in [3.05, 3.63) is 0 Å². The standard InChI is InChI=1S/C8H17NO/c1-2-4-8(10)7-5-3-6-9-7/h7-10H,2-6H2,1H3/t7-,8+/m0/s1. The highest BCUT2D eigenvalue weighted by molar-refractivity contribution is 4.80. The Balaban J connectivity index is 2.18. The van der Waals surface area contributed by atoms with Crippen molar-refractivity contribution < 1.29 is 5.11 Å². The highest BCUT2D eigenvalue weighted by atomic mass is 16.3. The Labute approximate surface area is 62.6 Å². The maximum atomic E-state index is 9.49. The topological polar surface area (TPSA) is 32.3 Å². The SMILES string of the molecule is CCC[C@@H](O)[C@@H]1CCCN1. The molecule has 1 aliphatic heterocycles. The van der Waals surface area contributed by atoms with Gasteiger partial charge >= 0.3 is 0 Å². The first-order valence-electron chi connectivity index (χ1n) is 4.26. The summed E-state index contributed by atoms with van der Waals surface area (Å²) in [6.07, 6.45) is 4.30.